The number of anilines is 3. The minimum atomic E-state index is -0.482. The molecule has 0 spiro atoms. The van der Waals surface area contributed by atoms with Crippen molar-refractivity contribution in [2.45, 2.75) is 6.54 Å². The number of fused-ring (bicyclic) bond motifs is 1. The van der Waals surface area contributed by atoms with Gasteiger partial charge in [0.05, 0.1) is 6.54 Å². The third-order valence-corrected chi connectivity index (χ3v) is 4.93. The fourth-order valence-corrected chi connectivity index (χ4v) is 3.43. The number of benzene rings is 1. The van der Waals surface area contributed by atoms with E-state index < -0.39 is 11.2 Å². The van der Waals surface area contributed by atoms with E-state index in [9.17, 15) is 9.59 Å². The number of nitrogens with zero attached hydrogens (tertiary/aromatic N) is 7. The molecule has 3 N–H and O–H groups in total. The van der Waals surface area contributed by atoms with E-state index >= 15 is 0 Å². The lowest BCUT2D eigenvalue weighted by atomic mass is 10.3. The van der Waals surface area contributed by atoms with Crippen LogP contribution >= 0.6 is 15.9 Å². The lowest BCUT2D eigenvalue weighted by Crippen LogP contribution is -2.37. The van der Waals surface area contributed by atoms with Crippen LogP contribution in [0, 0.1) is 0 Å². The van der Waals surface area contributed by atoms with Crippen molar-refractivity contribution in [3.8, 4) is 0 Å². The Hall–Kier alpha value is -3.54. The van der Waals surface area contributed by atoms with Gasteiger partial charge in [-0.3, -0.25) is 18.5 Å². The third kappa shape index (κ3) is 3.38. The number of hydrogen-bond acceptors (Lipinski definition) is 8. The molecule has 0 unspecified atom stereocenters. The zero-order valence-electron chi connectivity index (χ0n) is 15.5. The van der Waals surface area contributed by atoms with Crippen molar-refractivity contribution in [1.29, 1.82) is 0 Å². The molecule has 3 heterocycles. The van der Waals surface area contributed by atoms with Gasteiger partial charge < -0.3 is 11.1 Å². The number of nitrogen functional groups attached to an aromatic ring is 1. The molecule has 0 radical (unpaired) electrons. The number of nitrogens with two attached hydrogens (primary N) is 1. The van der Waals surface area contributed by atoms with E-state index in [4.69, 9.17) is 5.73 Å². The predicted octanol–water partition coefficient (Wildman–Crippen LogP) is 0.755. The second-order valence-electron chi connectivity index (χ2n) is 6.27. The quantitative estimate of drug-likeness (QED) is 0.428. The number of aryl methyl sites for hydroxylation is 1. The Morgan fingerprint density at radius 2 is 1.76 bits per heavy atom. The summed E-state index contributed by atoms with van der Waals surface area (Å²) in [6.45, 7) is 0.119. The van der Waals surface area contributed by atoms with Gasteiger partial charge in [-0.2, -0.15) is 15.0 Å². The standard InChI is InChI=1S/C17H16BrN9O2/c1-25-12-11(13(28)26(2)17(25)29)23-14(18)27(12)8-10-21-15(19)24-16(22-10)20-9-6-4-3-5-7-9/h3-7H,8H2,1-2H3,(H3,19,20,21,22,24). The van der Waals surface area contributed by atoms with Crippen LogP contribution in [0.15, 0.2) is 44.7 Å². The number of halogens is 1. The monoisotopic (exact) mass is 457 g/mol. The molecule has 11 nitrogen and oxygen atoms in total. The Morgan fingerprint density at radius 1 is 1.03 bits per heavy atom. The molecule has 0 aliphatic rings. The SMILES string of the molecule is Cn1c(=O)c2nc(Br)n(Cc3nc(N)nc(Nc4ccccc4)n3)c2n(C)c1=O. The smallest absolute Gasteiger partial charge is 0.332 e. The van der Waals surface area contributed by atoms with E-state index in [-0.39, 0.29) is 24.0 Å². The van der Waals surface area contributed by atoms with Crippen molar-refractivity contribution in [1.82, 2.24) is 33.6 Å². The Labute approximate surface area is 172 Å². The predicted molar refractivity (Wildman–Crippen MR) is 111 cm³/mol. The van der Waals surface area contributed by atoms with Crippen LogP contribution in [-0.2, 0) is 20.6 Å². The molecule has 148 valence electrons. The van der Waals surface area contributed by atoms with Gasteiger partial charge in [0.1, 0.15) is 0 Å². The van der Waals surface area contributed by atoms with Crippen molar-refractivity contribution in [3.63, 3.8) is 0 Å². The first-order chi connectivity index (χ1) is 13.8. The molecule has 0 fully saturated rings. The average molecular weight is 458 g/mol. The fourth-order valence-electron chi connectivity index (χ4n) is 2.96. The van der Waals surface area contributed by atoms with Crippen molar-refractivity contribution in [2.75, 3.05) is 11.1 Å². The zero-order chi connectivity index (χ0) is 20.7. The summed E-state index contributed by atoms with van der Waals surface area (Å²) in [7, 11) is 2.98. The van der Waals surface area contributed by atoms with Crippen LogP contribution in [0.5, 0.6) is 0 Å². The number of hydrogen-bond donors (Lipinski definition) is 2. The highest BCUT2D eigenvalue weighted by Gasteiger charge is 2.19. The summed E-state index contributed by atoms with van der Waals surface area (Å²) >= 11 is 3.35. The number of aromatic nitrogens is 7. The van der Waals surface area contributed by atoms with E-state index in [2.05, 4.69) is 41.2 Å². The van der Waals surface area contributed by atoms with Gasteiger partial charge in [0, 0.05) is 19.8 Å². The van der Waals surface area contributed by atoms with Gasteiger partial charge in [0.15, 0.2) is 21.7 Å². The molecule has 4 aromatic rings. The Kier molecular flexibility index (Phi) is 4.62. The summed E-state index contributed by atoms with van der Waals surface area (Å²) < 4.78 is 4.35. The van der Waals surface area contributed by atoms with Crippen LogP contribution in [-0.4, -0.2) is 33.6 Å². The highest BCUT2D eigenvalue weighted by atomic mass is 79.9. The summed E-state index contributed by atoms with van der Waals surface area (Å²) in [6, 6.07) is 9.39. The minimum absolute atomic E-state index is 0.0405. The summed E-state index contributed by atoms with van der Waals surface area (Å²) in [5.74, 6) is 0.659. The van der Waals surface area contributed by atoms with Gasteiger partial charge in [0.25, 0.3) is 5.56 Å². The van der Waals surface area contributed by atoms with Crippen LogP contribution in [0.3, 0.4) is 0 Å². The lowest BCUT2D eigenvalue weighted by molar-refractivity contribution is 0.674. The average Bonchev–Trinajstić information content (AvgIpc) is 3.01. The summed E-state index contributed by atoms with van der Waals surface area (Å²) in [5.41, 5.74) is 6.20. The van der Waals surface area contributed by atoms with Gasteiger partial charge in [-0.05, 0) is 28.1 Å². The zero-order valence-corrected chi connectivity index (χ0v) is 17.1. The number of imidazole rings is 1. The van der Waals surface area contributed by atoms with Crippen LogP contribution in [0.2, 0.25) is 0 Å². The first-order valence-electron chi connectivity index (χ1n) is 8.49. The number of para-hydroxylation sites is 1. The maximum Gasteiger partial charge on any atom is 0.332 e. The molecule has 0 aliphatic heterocycles. The van der Waals surface area contributed by atoms with Gasteiger partial charge in [-0.25, -0.2) is 9.78 Å². The van der Waals surface area contributed by atoms with Crippen LogP contribution < -0.4 is 22.3 Å². The van der Waals surface area contributed by atoms with E-state index in [0.717, 1.165) is 10.3 Å². The summed E-state index contributed by atoms with van der Waals surface area (Å²) in [6.07, 6.45) is 0. The van der Waals surface area contributed by atoms with Crippen LogP contribution in [0.1, 0.15) is 5.82 Å². The maximum atomic E-state index is 12.4. The molecule has 12 heteroatoms. The van der Waals surface area contributed by atoms with Crippen LogP contribution in [0.25, 0.3) is 11.2 Å². The Balaban J connectivity index is 1.79. The number of rotatable bonds is 4. The van der Waals surface area contributed by atoms with Crippen molar-refractivity contribution < 1.29 is 0 Å². The Bertz CT molecular complexity index is 1340. The molecule has 0 saturated carbocycles. The van der Waals surface area contributed by atoms with Gasteiger partial charge in [0.2, 0.25) is 11.9 Å². The second kappa shape index (κ2) is 7.13. The summed E-state index contributed by atoms with van der Waals surface area (Å²) in [5, 5.41) is 3.07. The van der Waals surface area contributed by atoms with E-state index in [0.29, 0.717) is 16.2 Å². The molecule has 3 aromatic heterocycles. The van der Waals surface area contributed by atoms with Crippen molar-refractivity contribution in [2.24, 2.45) is 14.1 Å². The second-order valence-corrected chi connectivity index (χ2v) is 6.98. The summed E-state index contributed by atoms with van der Waals surface area (Å²) in [4.78, 5) is 41.6. The van der Waals surface area contributed by atoms with Gasteiger partial charge in [-0.15, -0.1) is 0 Å². The molecular formula is C17H16BrN9O2. The molecule has 0 aliphatic carbocycles. The molecular weight excluding hydrogens is 442 g/mol. The molecule has 4 rings (SSSR count). The Morgan fingerprint density at radius 3 is 2.48 bits per heavy atom. The molecule has 0 bridgehead atoms. The topological polar surface area (TPSA) is 139 Å². The fraction of sp³-hybridized carbons (Fsp3) is 0.176. The molecule has 29 heavy (non-hydrogen) atoms. The van der Waals surface area contributed by atoms with Crippen molar-refractivity contribution in [3.05, 3.63) is 61.7 Å². The molecule has 0 saturated heterocycles. The highest BCUT2D eigenvalue weighted by Crippen LogP contribution is 2.19. The first kappa shape index (κ1) is 18.8. The van der Waals surface area contributed by atoms with Crippen LogP contribution in [0.4, 0.5) is 17.6 Å². The molecule has 0 amide bonds. The largest absolute Gasteiger partial charge is 0.368 e. The highest BCUT2D eigenvalue weighted by molar-refractivity contribution is 9.10. The van der Waals surface area contributed by atoms with Crippen molar-refractivity contribution >= 4 is 44.7 Å². The number of nitrogens with one attached hydrogen (secondary N) is 1. The van der Waals surface area contributed by atoms with Gasteiger partial charge >= 0.3 is 5.69 Å². The minimum Gasteiger partial charge on any atom is -0.368 e. The van der Waals surface area contributed by atoms with Gasteiger partial charge in [-0.1, -0.05) is 18.2 Å². The maximum absolute atomic E-state index is 12.4. The first-order valence-corrected chi connectivity index (χ1v) is 9.28. The third-order valence-electron chi connectivity index (χ3n) is 4.32. The normalized spacial score (nSPS) is 11.1. The molecule has 0 atom stereocenters. The van der Waals surface area contributed by atoms with E-state index in [1.807, 2.05) is 30.3 Å². The van der Waals surface area contributed by atoms with E-state index in [1.54, 1.807) is 11.6 Å². The lowest BCUT2D eigenvalue weighted by Gasteiger charge is -2.10. The molecule has 1 aromatic carbocycles. The van der Waals surface area contributed by atoms with E-state index in [1.165, 1.54) is 11.6 Å².